The van der Waals surface area contributed by atoms with Crippen LogP contribution in [-0.2, 0) is 4.79 Å². The first-order valence-electron chi connectivity index (χ1n) is 9.05. The lowest BCUT2D eigenvalue weighted by atomic mass is 9.87. The van der Waals surface area contributed by atoms with Gasteiger partial charge in [-0.3, -0.25) is 4.79 Å². The molecular weight excluding hydrogens is 361 g/mol. The summed E-state index contributed by atoms with van der Waals surface area (Å²) in [5, 5.41) is 7.31. The van der Waals surface area contributed by atoms with Crippen molar-refractivity contribution in [1.82, 2.24) is 9.78 Å². The van der Waals surface area contributed by atoms with Gasteiger partial charge in [-0.05, 0) is 48.9 Å². The highest BCUT2D eigenvalue weighted by atomic mass is 19.1. The molecule has 4 rings (SSSR count). The Hall–Kier alpha value is -3.35. The second kappa shape index (κ2) is 7.34. The van der Waals surface area contributed by atoms with Crippen molar-refractivity contribution >= 4 is 11.7 Å². The summed E-state index contributed by atoms with van der Waals surface area (Å²) in [6.45, 7) is 2.45. The van der Waals surface area contributed by atoms with Crippen molar-refractivity contribution in [2.45, 2.75) is 19.3 Å². The Morgan fingerprint density at radius 2 is 2.00 bits per heavy atom. The van der Waals surface area contributed by atoms with Crippen LogP contribution in [0.5, 0.6) is 11.5 Å². The smallest absolute Gasteiger partial charge is 0.226 e. The first-order valence-corrected chi connectivity index (χ1v) is 9.05. The lowest BCUT2D eigenvalue weighted by Gasteiger charge is -2.24. The first-order chi connectivity index (χ1) is 13.6. The number of nitrogens with one attached hydrogen (secondary N) is 1. The predicted molar refractivity (Wildman–Crippen MR) is 103 cm³/mol. The molecule has 0 spiro atoms. The number of aromatic nitrogens is 2. The van der Waals surface area contributed by atoms with Crippen LogP contribution in [0.3, 0.4) is 0 Å². The van der Waals surface area contributed by atoms with Crippen LogP contribution in [0.15, 0.2) is 48.7 Å². The number of hydrogen-bond donors (Lipinski definition) is 1. The fourth-order valence-corrected chi connectivity index (χ4v) is 3.47. The number of nitrogens with zero attached hydrogens (tertiary/aromatic N) is 2. The molecule has 1 aliphatic rings. The Labute approximate surface area is 161 Å². The third kappa shape index (κ3) is 3.19. The van der Waals surface area contributed by atoms with E-state index in [0.717, 1.165) is 11.1 Å². The maximum Gasteiger partial charge on any atom is 0.226 e. The highest BCUT2D eigenvalue weighted by molar-refractivity contribution is 5.94. The lowest BCUT2D eigenvalue weighted by Crippen LogP contribution is -2.24. The number of amides is 1. The Bertz CT molecular complexity index is 1010. The topological polar surface area (TPSA) is 65.4 Å². The summed E-state index contributed by atoms with van der Waals surface area (Å²) >= 11 is 0. The average molecular weight is 381 g/mol. The van der Waals surface area contributed by atoms with Crippen LogP contribution in [0.4, 0.5) is 10.2 Å². The molecule has 2 aromatic carbocycles. The minimum Gasteiger partial charge on any atom is -0.493 e. The number of fused-ring (bicyclic) bond motifs is 1. The zero-order valence-electron chi connectivity index (χ0n) is 15.6. The molecule has 0 unspecified atom stereocenters. The molecule has 3 aromatic rings. The summed E-state index contributed by atoms with van der Waals surface area (Å²) in [5.41, 5.74) is 2.51. The number of ether oxygens (including phenoxy) is 2. The third-order valence-electron chi connectivity index (χ3n) is 4.78. The summed E-state index contributed by atoms with van der Waals surface area (Å²) < 4.78 is 25.9. The molecule has 0 saturated carbocycles. The van der Waals surface area contributed by atoms with E-state index in [1.165, 1.54) is 12.1 Å². The van der Waals surface area contributed by atoms with Gasteiger partial charge in [0.2, 0.25) is 5.91 Å². The van der Waals surface area contributed by atoms with E-state index in [0.29, 0.717) is 36.0 Å². The predicted octanol–water partition coefficient (Wildman–Crippen LogP) is 3.89. The van der Waals surface area contributed by atoms with E-state index in [1.807, 2.05) is 25.1 Å². The standard InChI is InChI=1S/C21H20FN3O3/c1-3-28-18-9-4-13(10-19(18)27-2)16-11-20(26)24-21-17(16)12-23-25(21)15-7-5-14(22)6-8-15/h4-10,12,16H,3,11H2,1-2H3,(H,24,26)/t16-/m0/s1. The first kappa shape index (κ1) is 18.0. The molecule has 1 aliphatic heterocycles. The molecule has 0 radical (unpaired) electrons. The molecule has 0 saturated heterocycles. The fourth-order valence-electron chi connectivity index (χ4n) is 3.47. The molecule has 144 valence electrons. The van der Waals surface area contributed by atoms with Gasteiger partial charge in [0.1, 0.15) is 11.6 Å². The van der Waals surface area contributed by atoms with Crippen molar-refractivity contribution in [3.05, 3.63) is 65.6 Å². The number of methoxy groups -OCH3 is 1. The largest absolute Gasteiger partial charge is 0.493 e. The van der Waals surface area contributed by atoms with Crippen molar-refractivity contribution in [1.29, 1.82) is 0 Å². The maximum absolute atomic E-state index is 13.3. The van der Waals surface area contributed by atoms with E-state index in [1.54, 1.807) is 30.1 Å². The van der Waals surface area contributed by atoms with Crippen LogP contribution < -0.4 is 14.8 Å². The summed E-state index contributed by atoms with van der Waals surface area (Å²) in [5.74, 6) is 1.29. The second-order valence-corrected chi connectivity index (χ2v) is 6.48. The zero-order valence-corrected chi connectivity index (χ0v) is 15.6. The summed E-state index contributed by atoms with van der Waals surface area (Å²) in [4.78, 5) is 12.4. The van der Waals surface area contributed by atoms with Crippen LogP contribution >= 0.6 is 0 Å². The number of carbonyl (C=O) groups excluding carboxylic acids is 1. The number of benzene rings is 2. The Kier molecular flexibility index (Phi) is 4.73. The fraction of sp³-hybridized carbons (Fsp3) is 0.238. The molecule has 0 aliphatic carbocycles. The highest BCUT2D eigenvalue weighted by Crippen LogP contribution is 2.40. The van der Waals surface area contributed by atoms with Gasteiger partial charge >= 0.3 is 0 Å². The van der Waals surface area contributed by atoms with E-state index in [9.17, 15) is 9.18 Å². The Morgan fingerprint density at radius 1 is 1.21 bits per heavy atom. The van der Waals surface area contributed by atoms with Gasteiger partial charge < -0.3 is 14.8 Å². The van der Waals surface area contributed by atoms with Gasteiger partial charge in [-0.25, -0.2) is 9.07 Å². The van der Waals surface area contributed by atoms with Crippen molar-refractivity contribution in [2.75, 3.05) is 19.0 Å². The quantitative estimate of drug-likeness (QED) is 0.728. The van der Waals surface area contributed by atoms with Crippen molar-refractivity contribution in [3.63, 3.8) is 0 Å². The number of halogens is 1. The highest BCUT2D eigenvalue weighted by Gasteiger charge is 2.31. The normalized spacial score (nSPS) is 15.7. The van der Waals surface area contributed by atoms with E-state index in [2.05, 4.69) is 10.4 Å². The minimum absolute atomic E-state index is 0.103. The molecule has 6 nitrogen and oxygen atoms in total. The van der Waals surface area contributed by atoms with Crippen LogP contribution in [-0.4, -0.2) is 29.4 Å². The Morgan fingerprint density at radius 3 is 2.71 bits per heavy atom. The molecule has 0 bridgehead atoms. The van der Waals surface area contributed by atoms with E-state index < -0.39 is 0 Å². The number of anilines is 1. The van der Waals surface area contributed by atoms with Gasteiger partial charge in [-0.2, -0.15) is 5.10 Å². The molecule has 2 heterocycles. The Balaban J connectivity index is 1.76. The third-order valence-corrected chi connectivity index (χ3v) is 4.78. The van der Waals surface area contributed by atoms with Crippen LogP contribution in [0, 0.1) is 5.82 Å². The van der Waals surface area contributed by atoms with Crippen molar-refractivity contribution < 1.29 is 18.7 Å². The van der Waals surface area contributed by atoms with Gasteiger partial charge in [0.05, 0.1) is 25.6 Å². The van der Waals surface area contributed by atoms with Gasteiger partial charge in [0.15, 0.2) is 11.5 Å². The molecule has 1 N–H and O–H groups in total. The van der Waals surface area contributed by atoms with Gasteiger partial charge in [0, 0.05) is 17.9 Å². The monoisotopic (exact) mass is 381 g/mol. The van der Waals surface area contributed by atoms with Crippen molar-refractivity contribution in [2.24, 2.45) is 0 Å². The molecule has 1 atom stereocenters. The van der Waals surface area contributed by atoms with E-state index in [-0.39, 0.29) is 17.6 Å². The maximum atomic E-state index is 13.3. The lowest BCUT2D eigenvalue weighted by molar-refractivity contribution is -0.116. The minimum atomic E-state index is -0.326. The number of rotatable bonds is 5. The van der Waals surface area contributed by atoms with E-state index >= 15 is 0 Å². The second-order valence-electron chi connectivity index (χ2n) is 6.48. The number of hydrogen-bond acceptors (Lipinski definition) is 4. The average Bonchev–Trinajstić information content (AvgIpc) is 3.12. The molecule has 7 heteroatoms. The van der Waals surface area contributed by atoms with Crippen LogP contribution in [0.2, 0.25) is 0 Å². The van der Waals surface area contributed by atoms with Gasteiger partial charge in [0.25, 0.3) is 0 Å². The molecular formula is C21H20FN3O3. The molecule has 1 amide bonds. The molecule has 28 heavy (non-hydrogen) atoms. The summed E-state index contributed by atoms with van der Waals surface area (Å²) in [6, 6.07) is 11.7. The van der Waals surface area contributed by atoms with Crippen LogP contribution in [0.1, 0.15) is 30.4 Å². The van der Waals surface area contributed by atoms with Gasteiger partial charge in [-0.15, -0.1) is 0 Å². The zero-order chi connectivity index (χ0) is 19.7. The molecule has 0 fully saturated rings. The summed E-state index contributed by atoms with van der Waals surface area (Å²) in [7, 11) is 1.59. The van der Waals surface area contributed by atoms with Crippen LogP contribution in [0.25, 0.3) is 5.69 Å². The SMILES string of the molecule is CCOc1ccc([C@@H]2CC(=O)Nc3c2cnn3-c2ccc(F)cc2)cc1OC. The van der Waals surface area contributed by atoms with Gasteiger partial charge in [-0.1, -0.05) is 6.07 Å². The van der Waals surface area contributed by atoms with E-state index in [4.69, 9.17) is 9.47 Å². The number of carbonyl (C=O) groups is 1. The summed E-state index contributed by atoms with van der Waals surface area (Å²) in [6.07, 6.45) is 2.05. The van der Waals surface area contributed by atoms with Crippen molar-refractivity contribution in [3.8, 4) is 17.2 Å². The molecule has 1 aromatic heterocycles.